The minimum absolute atomic E-state index is 0.0325. The summed E-state index contributed by atoms with van der Waals surface area (Å²) in [6.07, 6.45) is -4.06. The lowest BCUT2D eigenvalue weighted by Gasteiger charge is -2.28. The van der Waals surface area contributed by atoms with Crippen LogP contribution in [0.4, 0.5) is 19.0 Å². The number of aromatic nitrogens is 2. The monoisotopic (exact) mass is 394 g/mol. The van der Waals surface area contributed by atoms with E-state index < -0.39 is 23.2 Å². The number of primary amides is 1. The molecule has 1 aromatic carbocycles. The van der Waals surface area contributed by atoms with Crippen molar-refractivity contribution in [3.8, 4) is 23.1 Å². The van der Waals surface area contributed by atoms with Crippen LogP contribution in [0.25, 0.3) is 11.3 Å². The first-order valence-electron chi connectivity index (χ1n) is 7.83. The average molecular weight is 394 g/mol. The van der Waals surface area contributed by atoms with E-state index in [-0.39, 0.29) is 29.4 Å². The Kier molecular flexibility index (Phi) is 5.92. The molecule has 1 unspecified atom stereocenters. The molecule has 0 aliphatic carbocycles. The SMILES string of the molecule is COCC#Cc1nc(-c2cc(C(O)(C(N)=O)C(F)(F)F)ccc2C)cnc1N. The van der Waals surface area contributed by atoms with Crippen molar-refractivity contribution < 1.29 is 27.8 Å². The number of aliphatic hydroxyl groups is 1. The summed E-state index contributed by atoms with van der Waals surface area (Å²) in [6.45, 7) is 1.74. The van der Waals surface area contributed by atoms with Gasteiger partial charge in [0.05, 0.1) is 11.9 Å². The lowest BCUT2D eigenvalue weighted by atomic mass is 9.89. The van der Waals surface area contributed by atoms with Gasteiger partial charge in [-0.2, -0.15) is 13.2 Å². The van der Waals surface area contributed by atoms with Crippen molar-refractivity contribution in [2.75, 3.05) is 19.5 Å². The molecule has 28 heavy (non-hydrogen) atoms. The van der Waals surface area contributed by atoms with E-state index in [1.54, 1.807) is 6.92 Å². The lowest BCUT2D eigenvalue weighted by Crippen LogP contribution is -2.52. The van der Waals surface area contributed by atoms with Gasteiger partial charge in [0.25, 0.3) is 11.5 Å². The van der Waals surface area contributed by atoms with Crippen molar-refractivity contribution in [2.45, 2.75) is 18.7 Å². The number of methoxy groups -OCH3 is 1. The van der Waals surface area contributed by atoms with Crippen LogP contribution in [0.5, 0.6) is 0 Å². The molecule has 1 heterocycles. The molecule has 0 saturated carbocycles. The minimum atomic E-state index is -5.31. The molecule has 1 amide bonds. The maximum atomic E-state index is 13.3. The molecule has 2 aromatic rings. The van der Waals surface area contributed by atoms with E-state index in [2.05, 4.69) is 21.8 Å². The molecule has 0 aliphatic heterocycles. The summed E-state index contributed by atoms with van der Waals surface area (Å²) in [5.74, 6) is 3.40. The second-order valence-electron chi connectivity index (χ2n) is 5.83. The third kappa shape index (κ3) is 3.90. The van der Waals surface area contributed by atoms with Gasteiger partial charge in [-0.3, -0.25) is 4.79 Å². The predicted molar refractivity (Wildman–Crippen MR) is 94.5 cm³/mol. The maximum absolute atomic E-state index is 13.3. The van der Waals surface area contributed by atoms with Crippen LogP contribution in [0.1, 0.15) is 16.8 Å². The number of rotatable bonds is 4. The maximum Gasteiger partial charge on any atom is 0.430 e. The van der Waals surface area contributed by atoms with Crippen LogP contribution < -0.4 is 11.5 Å². The molecule has 10 heteroatoms. The van der Waals surface area contributed by atoms with Gasteiger partial charge < -0.3 is 21.3 Å². The first-order chi connectivity index (χ1) is 13.0. The number of carbonyl (C=O) groups is 1. The highest BCUT2D eigenvalue weighted by Gasteiger charge is 2.60. The number of amides is 1. The Labute approximate surface area is 158 Å². The highest BCUT2D eigenvalue weighted by molar-refractivity contribution is 5.86. The number of carbonyl (C=O) groups excluding carboxylic acids is 1. The van der Waals surface area contributed by atoms with Crippen molar-refractivity contribution in [3.63, 3.8) is 0 Å². The number of aryl methyl sites for hydroxylation is 1. The van der Waals surface area contributed by atoms with E-state index in [0.717, 1.165) is 12.1 Å². The van der Waals surface area contributed by atoms with E-state index in [9.17, 15) is 23.1 Å². The molecule has 0 saturated heterocycles. The van der Waals surface area contributed by atoms with Crippen LogP contribution in [0, 0.1) is 18.8 Å². The Bertz CT molecular complexity index is 967. The summed E-state index contributed by atoms with van der Waals surface area (Å²) < 4.78 is 44.8. The summed E-state index contributed by atoms with van der Waals surface area (Å²) in [5, 5.41) is 10.0. The van der Waals surface area contributed by atoms with Crippen LogP contribution >= 0.6 is 0 Å². The molecule has 0 bridgehead atoms. The molecule has 1 aromatic heterocycles. The second-order valence-corrected chi connectivity index (χ2v) is 5.83. The van der Waals surface area contributed by atoms with E-state index in [0.29, 0.717) is 5.56 Å². The molecule has 0 radical (unpaired) electrons. The van der Waals surface area contributed by atoms with Crippen LogP contribution in [0.3, 0.4) is 0 Å². The van der Waals surface area contributed by atoms with Gasteiger partial charge in [0.2, 0.25) is 0 Å². The fourth-order valence-corrected chi connectivity index (χ4v) is 2.38. The van der Waals surface area contributed by atoms with Gasteiger partial charge in [0, 0.05) is 18.2 Å². The number of hydrogen-bond acceptors (Lipinski definition) is 6. The number of nitrogen functional groups attached to an aromatic ring is 1. The molecule has 0 aliphatic rings. The fraction of sp³-hybridized carbons (Fsp3) is 0.278. The molecule has 0 spiro atoms. The molecule has 2 rings (SSSR count). The largest absolute Gasteiger partial charge is 0.430 e. The van der Waals surface area contributed by atoms with Crippen molar-refractivity contribution in [2.24, 2.45) is 5.73 Å². The molecule has 7 nitrogen and oxygen atoms in total. The van der Waals surface area contributed by atoms with Crippen molar-refractivity contribution in [1.82, 2.24) is 9.97 Å². The van der Waals surface area contributed by atoms with E-state index in [1.807, 2.05) is 0 Å². The highest BCUT2D eigenvalue weighted by atomic mass is 19.4. The number of ether oxygens (including phenoxy) is 1. The Balaban J connectivity index is 2.63. The Hall–Kier alpha value is -3.16. The molecular weight excluding hydrogens is 377 g/mol. The number of benzene rings is 1. The summed E-state index contributed by atoms with van der Waals surface area (Å²) in [5.41, 5.74) is 6.96. The number of nitrogens with two attached hydrogens (primary N) is 2. The summed E-state index contributed by atoms with van der Waals surface area (Å²) in [6, 6.07) is 3.26. The van der Waals surface area contributed by atoms with E-state index in [4.69, 9.17) is 16.2 Å². The summed E-state index contributed by atoms with van der Waals surface area (Å²) >= 11 is 0. The third-order valence-electron chi connectivity index (χ3n) is 3.92. The number of hydrogen-bond donors (Lipinski definition) is 3. The van der Waals surface area contributed by atoms with Crippen LogP contribution in [0.2, 0.25) is 0 Å². The van der Waals surface area contributed by atoms with Crippen molar-refractivity contribution in [3.05, 3.63) is 41.2 Å². The predicted octanol–water partition coefficient (Wildman–Crippen LogP) is 1.27. The van der Waals surface area contributed by atoms with Crippen LogP contribution in [0.15, 0.2) is 24.4 Å². The first kappa shape index (κ1) is 21.1. The Morgan fingerprint density at radius 3 is 2.61 bits per heavy atom. The van der Waals surface area contributed by atoms with Gasteiger partial charge in [-0.1, -0.05) is 18.1 Å². The zero-order valence-electron chi connectivity index (χ0n) is 15.0. The van der Waals surface area contributed by atoms with Crippen molar-refractivity contribution >= 4 is 11.7 Å². The van der Waals surface area contributed by atoms with Gasteiger partial charge in [-0.15, -0.1) is 0 Å². The molecule has 148 valence electrons. The van der Waals surface area contributed by atoms with Crippen LogP contribution in [-0.4, -0.2) is 40.9 Å². The van der Waals surface area contributed by atoms with Gasteiger partial charge in [0.1, 0.15) is 6.61 Å². The van der Waals surface area contributed by atoms with Crippen LogP contribution in [-0.2, 0) is 15.1 Å². The zero-order valence-corrected chi connectivity index (χ0v) is 15.0. The standard InChI is InChI=1S/C18H17F3N4O3/c1-10-5-6-11(17(27,16(23)26)18(19,20)21)8-12(10)14-9-24-15(22)13(25-14)4-3-7-28-2/h5-6,8-9,27H,7H2,1-2H3,(H2,22,24)(H2,23,26). The zero-order chi connectivity index (χ0) is 21.1. The normalized spacial score (nSPS) is 13.4. The average Bonchev–Trinajstić information content (AvgIpc) is 2.62. The van der Waals surface area contributed by atoms with Gasteiger partial charge in [0.15, 0.2) is 11.5 Å². The fourth-order valence-electron chi connectivity index (χ4n) is 2.38. The van der Waals surface area contributed by atoms with E-state index in [1.165, 1.54) is 19.4 Å². The third-order valence-corrected chi connectivity index (χ3v) is 3.92. The Morgan fingerprint density at radius 2 is 2.04 bits per heavy atom. The highest BCUT2D eigenvalue weighted by Crippen LogP contribution is 2.40. The molecule has 5 N–H and O–H groups in total. The van der Waals surface area contributed by atoms with Crippen molar-refractivity contribution in [1.29, 1.82) is 0 Å². The number of alkyl halides is 3. The number of nitrogens with zero attached hydrogens (tertiary/aromatic N) is 2. The van der Waals surface area contributed by atoms with Gasteiger partial charge in [-0.25, -0.2) is 9.97 Å². The summed E-state index contributed by atoms with van der Waals surface area (Å²) in [4.78, 5) is 19.6. The first-order valence-corrected chi connectivity index (χ1v) is 7.83. The molecule has 1 atom stereocenters. The van der Waals surface area contributed by atoms with E-state index >= 15 is 0 Å². The van der Waals surface area contributed by atoms with Gasteiger partial charge in [-0.05, 0) is 24.5 Å². The molecule has 0 fully saturated rings. The topological polar surface area (TPSA) is 124 Å². The molecular formula is C18H17F3N4O3. The number of halogens is 3. The lowest BCUT2D eigenvalue weighted by molar-refractivity contribution is -0.255. The Morgan fingerprint density at radius 1 is 1.36 bits per heavy atom. The second kappa shape index (κ2) is 7.84. The summed E-state index contributed by atoms with van der Waals surface area (Å²) in [7, 11) is 1.45. The smallest absolute Gasteiger partial charge is 0.381 e. The minimum Gasteiger partial charge on any atom is -0.381 e. The quantitative estimate of drug-likeness (QED) is 0.671. The van der Waals surface area contributed by atoms with Gasteiger partial charge >= 0.3 is 6.18 Å². The number of anilines is 1.